The van der Waals surface area contributed by atoms with Crippen LogP contribution in [0, 0.1) is 6.92 Å². The summed E-state index contributed by atoms with van der Waals surface area (Å²) in [7, 11) is 0. The fourth-order valence-corrected chi connectivity index (χ4v) is 2.16. The van der Waals surface area contributed by atoms with Crippen molar-refractivity contribution >= 4 is 12.6 Å². The van der Waals surface area contributed by atoms with Crippen molar-refractivity contribution in [1.82, 2.24) is 9.55 Å². The van der Waals surface area contributed by atoms with Gasteiger partial charge in [0.2, 0.25) is 0 Å². The standard InChI is InChI=1S/C10H13FN2O4S/c1-4-2-13(10(16)12-8(4)15)9-6(11)7(14)5(3-18)17-9/h2,5-7,9,14,18H,3H2,1H3,(H,12,15,16)/t5?,6-,7+,9-/m1/s1. The monoisotopic (exact) mass is 276 g/mol. The predicted molar refractivity (Wildman–Crippen MR) is 64.7 cm³/mol. The van der Waals surface area contributed by atoms with Crippen LogP contribution in [-0.4, -0.2) is 38.8 Å². The summed E-state index contributed by atoms with van der Waals surface area (Å²) in [5, 5.41) is 9.57. The normalized spacial score (nSPS) is 31.8. The minimum absolute atomic E-state index is 0.134. The third-order valence-corrected chi connectivity index (χ3v) is 3.25. The Morgan fingerprint density at radius 1 is 1.61 bits per heavy atom. The second-order valence-electron chi connectivity index (χ2n) is 4.16. The molecule has 18 heavy (non-hydrogen) atoms. The largest absolute Gasteiger partial charge is 0.387 e. The van der Waals surface area contributed by atoms with Crippen molar-refractivity contribution < 1.29 is 14.2 Å². The maximum Gasteiger partial charge on any atom is 0.330 e. The molecule has 0 bridgehead atoms. The molecule has 100 valence electrons. The number of hydrogen-bond donors (Lipinski definition) is 3. The first-order chi connectivity index (χ1) is 8.45. The van der Waals surface area contributed by atoms with E-state index in [9.17, 15) is 19.1 Å². The van der Waals surface area contributed by atoms with Crippen LogP contribution in [0.25, 0.3) is 0 Å². The quantitative estimate of drug-likeness (QED) is 0.628. The Morgan fingerprint density at radius 2 is 2.28 bits per heavy atom. The van der Waals surface area contributed by atoms with Gasteiger partial charge in [0.1, 0.15) is 6.10 Å². The van der Waals surface area contributed by atoms with E-state index in [-0.39, 0.29) is 11.3 Å². The van der Waals surface area contributed by atoms with Crippen LogP contribution in [0.3, 0.4) is 0 Å². The van der Waals surface area contributed by atoms with Crippen LogP contribution in [-0.2, 0) is 4.74 Å². The lowest BCUT2D eigenvalue weighted by molar-refractivity contribution is -0.0164. The Hall–Kier alpha value is -1.12. The zero-order chi connectivity index (χ0) is 13.4. The second-order valence-corrected chi connectivity index (χ2v) is 4.53. The maximum absolute atomic E-state index is 13.9. The number of nitrogens with one attached hydrogen (secondary N) is 1. The summed E-state index contributed by atoms with van der Waals surface area (Å²) in [5.41, 5.74) is -1.05. The molecular formula is C10H13FN2O4S. The number of aromatic nitrogens is 2. The van der Waals surface area contributed by atoms with Crippen molar-refractivity contribution in [2.24, 2.45) is 0 Å². The molecule has 2 rings (SSSR count). The van der Waals surface area contributed by atoms with Crippen molar-refractivity contribution in [2.75, 3.05) is 5.75 Å². The summed E-state index contributed by atoms with van der Waals surface area (Å²) in [6.07, 6.45) is -3.91. The molecule has 0 aliphatic carbocycles. The van der Waals surface area contributed by atoms with Gasteiger partial charge in [-0.15, -0.1) is 0 Å². The number of nitrogens with zero attached hydrogens (tertiary/aromatic N) is 1. The first-order valence-corrected chi connectivity index (χ1v) is 5.99. The zero-order valence-electron chi connectivity index (χ0n) is 9.54. The highest BCUT2D eigenvalue weighted by molar-refractivity contribution is 7.80. The first-order valence-electron chi connectivity index (χ1n) is 5.36. The van der Waals surface area contributed by atoms with Crippen LogP contribution in [0.5, 0.6) is 0 Å². The number of aromatic amines is 1. The molecule has 0 saturated carbocycles. The van der Waals surface area contributed by atoms with E-state index in [2.05, 4.69) is 17.6 Å². The van der Waals surface area contributed by atoms with E-state index < -0.39 is 35.9 Å². The number of H-pyrrole nitrogens is 1. The first kappa shape index (κ1) is 13.3. The van der Waals surface area contributed by atoms with Gasteiger partial charge < -0.3 is 9.84 Å². The molecular weight excluding hydrogens is 263 g/mol. The van der Waals surface area contributed by atoms with Gasteiger partial charge in [0.15, 0.2) is 12.4 Å². The number of aliphatic hydroxyl groups excluding tert-OH is 1. The van der Waals surface area contributed by atoms with E-state index in [0.29, 0.717) is 0 Å². The third kappa shape index (κ3) is 2.11. The van der Waals surface area contributed by atoms with Crippen molar-refractivity contribution in [3.63, 3.8) is 0 Å². The Kier molecular flexibility index (Phi) is 3.60. The molecule has 0 radical (unpaired) electrons. The lowest BCUT2D eigenvalue weighted by Crippen LogP contribution is -2.36. The van der Waals surface area contributed by atoms with Gasteiger partial charge in [-0.3, -0.25) is 14.3 Å². The summed E-state index contributed by atoms with van der Waals surface area (Å²) in [6.45, 7) is 1.49. The molecule has 1 aromatic heterocycles. The molecule has 1 unspecified atom stereocenters. The number of alkyl halides is 1. The smallest absolute Gasteiger partial charge is 0.330 e. The molecule has 1 aromatic rings. The minimum Gasteiger partial charge on any atom is -0.387 e. The SMILES string of the molecule is Cc1cn([C@@H]2OC(CS)[C@H](O)[C@H]2F)c(=O)[nH]c1=O. The number of thiol groups is 1. The zero-order valence-corrected chi connectivity index (χ0v) is 10.4. The van der Waals surface area contributed by atoms with E-state index in [1.54, 1.807) is 0 Å². The molecule has 1 aliphatic rings. The number of rotatable bonds is 2. The Balaban J connectivity index is 2.42. The number of hydrogen-bond acceptors (Lipinski definition) is 5. The van der Waals surface area contributed by atoms with Crippen molar-refractivity contribution in [3.8, 4) is 0 Å². The second kappa shape index (κ2) is 4.87. The lowest BCUT2D eigenvalue weighted by atomic mass is 10.2. The average Bonchev–Trinajstić information content (AvgIpc) is 2.61. The molecule has 1 fully saturated rings. The van der Waals surface area contributed by atoms with Gasteiger partial charge in [-0.05, 0) is 6.92 Å². The number of aliphatic hydroxyl groups is 1. The van der Waals surface area contributed by atoms with E-state index in [1.807, 2.05) is 0 Å². The van der Waals surface area contributed by atoms with Crippen molar-refractivity contribution in [3.05, 3.63) is 32.6 Å². The summed E-state index contributed by atoms with van der Waals surface area (Å²) < 4.78 is 20.0. The van der Waals surface area contributed by atoms with Gasteiger partial charge >= 0.3 is 5.69 Å². The Morgan fingerprint density at radius 3 is 2.83 bits per heavy atom. The fourth-order valence-electron chi connectivity index (χ4n) is 1.85. The van der Waals surface area contributed by atoms with E-state index in [0.717, 1.165) is 4.57 Å². The van der Waals surface area contributed by atoms with Crippen LogP contribution < -0.4 is 11.2 Å². The molecule has 2 heterocycles. The van der Waals surface area contributed by atoms with Gasteiger partial charge in [0.25, 0.3) is 5.56 Å². The molecule has 4 atom stereocenters. The van der Waals surface area contributed by atoms with E-state index >= 15 is 0 Å². The topological polar surface area (TPSA) is 84.3 Å². The molecule has 0 amide bonds. The Labute approximate surface area is 107 Å². The van der Waals surface area contributed by atoms with Crippen molar-refractivity contribution in [2.45, 2.75) is 31.5 Å². The maximum atomic E-state index is 13.9. The van der Waals surface area contributed by atoms with Gasteiger partial charge in [0, 0.05) is 17.5 Å². The average molecular weight is 276 g/mol. The van der Waals surface area contributed by atoms with E-state index in [1.165, 1.54) is 13.1 Å². The minimum atomic E-state index is -1.75. The highest BCUT2D eigenvalue weighted by Crippen LogP contribution is 2.31. The van der Waals surface area contributed by atoms with Crippen LogP contribution >= 0.6 is 12.6 Å². The lowest BCUT2D eigenvalue weighted by Gasteiger charge is -2.16. The molecule has 0 aromatic carbocycles. The number of halogens is 1. The van der Waals surface area contributed by atoms with Crippen LogP contribution in [0.1, 0.15) is 11.8 Å². The van der Waals surface area contributed by atoms with Crippen LogP contribution in [0.15, 0.2) is 15.8 Å². The molecule has 6 nitrogen and oxygen atoms in total. The summed E-state index contributed by atoms with van der Waals surface area (Å²) in [5.74, 6) is 0.134. The number of ether oxygens (including phenoxy) is 1. The van der Waals surface area contributed by atoms with Gasteiger partial charge in [0.05, 0.1) is 6.10 Å². The predicted octanol–water partition coefficient (Wildman–Crippen LogP) is -0.629. The fraction of sp³-hybridized carbons (Fsp3) is 0.600. The molecule has 0 spiro atoms. The summed E-state index contributed by atoms with van der Waals surface area (Å²) in [6, 6.07) is 0. The summed E-state index contributed by atoms with van der Waals surface area (Å²) >= 11 is 3.93. The van der Waals surface area contributed by atoms with Gasteiger partial charge in [-0.25, -0.2) is 9.18 Å². The number of aryl methyl sites for hydroxylation is 1. The molecule has 1 saturated heterocycles. The molecule has 1 aliphatic heterocycles. The highest BCUT2D eigenvalue weighted by atomic mass is 32.1. The molecule has 2 N–H and O–H groups in total. The van der Waals surface area contributed by atoms with Gasteiger partial charge in [-0.1, -0.05) is 0 Å². The van der Waals surface area contributed by atoms with Crippen LogP contribution in [0.4, 0.5) is 4.39 Å². The Bertz CT molecular complexity index is 558. The van der Waals surface area contributed by atoms with Crippen molar-refractivity contribution in [1.29, 1.82) is 0 Å². The highest BCUT2D eigenvalue weighted by Gasteiger charge is 2.44. The molecule has 8 heteroatoms. The summed E-state index contributed by atoms with van der Waals surface area (Å²) in [4.78, 5) is 24.9. The van der Waals surface area contributed by atoms with Crippen LogP contribution in [0.2, 0.25) is 0 Å². The van der Waals surface area contributed by atoms with E-state index in [4.69, 9.17) is 4.74 Å². The third-order valence-electron chi connectivity index (χ3n) is 2.89. The van der Waals surface area contributed by atoms with Gasteiger partial charge in [-0.2, -0.15) is 12.6 Å².